The summed E-state index contributed by atoms with van der Waals surface area (Å²) in [6.07, 6.45) is 14.4. The van der Waals surface area contributed by atoms with Gasteiger partial charge in [-0.15, -0.1) is 0 Å². The zero-order valence-corrected chi connectivity index (χ0v) is 30.6. The summed E-state index contributed by atoms with van der Waals surface area (Å²) in [7, 11) is 0. The lowest BCUT2D eigenvalue weighted by Crippen LogP contribution is -2.64. The van der Waals surface area contributed by atoms with Crippen LogP contribution in [0.4, 0.5) is 9.59 Å². The van der Waals surface area contributed by atoms with Crippen LogP contribution in [0.25, 0.3) is 0 Å². The average molecular weight is 709 g/mol. The Morgan fingerprint density at radius 2 is 1.10 bits per heavy atom. The molecule has 6 amide bonds. The molecular weight excluding hydrogens is 644 g/mol. The molecule has 2 saturated heterocycles. The van der Waals surface area contributed by atoms with Gasteiger partial charge in [-0.25, -0.2) is 9.59 Å². The molecule has 0 unspecified atom stereocenters. The van der Waals surface area contributed by atoms with Gasteiger partial charge in [0.2, 0.25) is 11.8 Å². The molecule has 0 bridgehead atoms. The van der Waals surface area contributed by atoms with Gasteiger partial charge >= 0.3 is 12.1 Å². The summed E-state index contributed by atoms with van der Waals surface area (Å²) >= 11 is 0. The molecule has 0 radical (unpaired) electrons. The number of amides is 6. The summed E-state index contributed by atoms with van der Waals surface area (Å²) in [5.41, 5.74) is -1.76. The highest BCUT2D eigenvalue weighted by atomic mass is 16.5. The Labute approximate surface area is 298 Å². The fourth-order valence-electron chi connectivity index (χ4n) is 7.12. The number of nitrogens with one attached hydrogen (secondary N) is 4. The Morgan fingerprint density at radius 1 is 0.680 bits per heavy atom. The van der Waals surface area contributed by atoms with E-state index in [-0.39, 0.29) is 36.5 Å². The maximum Gasteiger partial charge on any atom is 0.318 e. The van der Waals surface area contributed by atoms with Gasteiger partial charge in [-0.2, -0.15) is 0 Å². The molecule has 14 nitrogen and oxygen atoms in total. The first-order valence-electron chi connectivity index (χ1n) is 19.2. The van der Waals surface area contributed by atoms with Crippen molar-refractivity contribution in [3.8, 4) is 0 Å². The highest BCUT2D eigenvalue weighted by Gasteiger charge is 2.43. The van der Waals surface area contributed by atoms with E-state index >= 15 is 0 Å². The van der Waals surface area contributed by atoms with Crippen LogP contribution in [0.3, 0.4) is 0 Å². The maximum atomic E-state index is 13.0. The van der Waals surface area contributed by atoms with Gasteiger partial charge < -0.3 is 50.4 Å². The molecular formula is C36H64N6O8. The van der Waals surface area contributed by atoms with Crippen molar-refractivity contribution in [1.82, 2.24) is 31.1 Å². The third-order valence-corrected chi connectivity index (χ3v) is 10.4. The third-order valence-electron chi connectivity index (χ3n) is 10.4. The Hall–Kier alpha value is -2.97. The van der Waals surface area contributed by atoms with E-state index in [1.165, 1.54) is 0 Å². The lowest BCUT2D eigenvalue weighted by molar-refractivity contribution is -0.131. The third kappa shape index (κ3) is 12.7. The Morgan fingerprint density at radius 3 is 1.50 bits per heavy atom. The van der Waals surface area contributed by atoms with E-state index in [2.05, 4.69) is 35.1 Å². The topological polar surface area (TPSA) is 179 Å². The van der Waals surface area contributed by atoms with E-state index < -0.39 is 17.1 Å². The predicted molar refractivity (Wildman–Crippen MR) is 190 cm³/mol. The molecule has 0 aromatic carbocycles. The average Bonchev–Trinajstić information content (AvgIpc) is 3.16. The zero-order valence-electron chi connectivity index (χ0n) is 30.6. The first kappa shape index (κ1) is 41.5. The van der Waals surface area contributed by atoms with Crippen molar-refractivity contribution in [2.75, 3.05) is 59.2 Å². The quantitative estimate of drug-likeness (QED) is 0.171. The van der Waals surface area contributed by atoms with Gasteiger partial charge in [0, 0.05) is 26.2 Å². The van der Waals surface area contributed by atoms with Crippen LogP contribution < -0.4 is 21.3 Å². The molecule has 4 rings (SSSR count). The molecule has 2 atom stereocenters. The number of ether oxygens (including phenoxy) is 2. The van der Waals surface area contributed by atoms with Gasteiger partial charge in [0.1, 0.15) is 17.4 Å². The molecule has 286 valence electrons. The molecule has 2 saturated carbocycles. The number of hydrogen-bond donors (Lipinski definition) is 5. The number of nitrogens with zero attached hydrogens (tertiary/aromatic N) is 2. The number of aldehydes is 1. The van der Waals surface area contributed by atoms with Crippen molar-refractivity contribution in [2.24, 2.45) is 0 Å². The Balaban J connectivity index is 0.000000270. The normalized spacial score (nSPS) is 21.3. The number of carbonyl (C=O) groups is 5. The SMILES string of the molecule is CCCC[C@@H](C=O)NC(=O)C1(NC(=O)N2CCOCC2)CCCCC1.CCCC[C@@H](CO)NC(=O)C1(NC(=O)N2CCOCC2)CCCCC1. The van der Waals surface area contributed by atoms with E-state index in [1.54, 1.807) is 9.80 Å². The van der Waals surface area contributed by atoms with Crippen LogP contribution in [-0.4, -0.2) is 127 Å². The molecule has 14 heteroatoms. The van der Waals surface area contributed by atoms with Gasteiger partial charge in [0.15, 0.2) is 0 Å². The van der Waals surface area contributed by atoms with Crippen molar-refractivity contribution in [1.29, 1.82) is 0 Å². The monoisotopic (exact) mass is 708 g/mol. The minimum absolute atomic E-state index is 0.0702. The number of urea groups is 2. The van der Waals surface area contributed by atoms with Gasteiger partial charge in [-0.1, -0.05) is 78.1 Å². The van der Waals surface area contributed by atoms with Crippen molar-refractivity contribution in [2.45, 2.75) is 140 Å². The summed E-state index contributed by atoms with van der Waals surface area (Å²) in [6.45, 7) is 8.38. The van der Waals surface area contributed by atoms with E-state index in [1.807, 2.05) is 0 Å². The predicted octanol–water partition coefficient (Wildman–Crippen LogP) is 3.00. The van der Waals surface area contributed by atoms with Gasteiger partial charge in [0.05, 0.1) is 45.1 Å². The molecule has 2 aliphatic heterocycles. The lowest BCUT2D eigenvalue weighted by Gasteiger charge is -2.39. The molecule has 50 heavy (non-hydrogen) atoms. The minimum atomic E-state index is -0.902. The molecule has 2 heterocycles. The Kier molecular flexibility index (Phi) is 18.3. The first-order valence-corrected chi connectivity index (χ1v) is 19.2. The fourth-order valence-corrected chi connectivity index (χ4v) is 7.12. The zero-order chi connectivity index (χ0) is 36.2. The van der Waals surface area contributed by atoms with E-state index in [0.717, 1.165) is 76.9 Å². The van der Waals surface area contributed by atoms with Crippen molar-refractivity contribution >= 4 is 30.2 Å². The number of aliphatic hydroxyl groups is 1. The summed E-state index contributed by atoms with van der Waals surface area (Å²) < 4.78 is 10.6. The molecule has 4 fully saturated rings. The molecule has 4 aliphatic rings. The fraction of sp³-hybridized carbons (Fsp3) is 0.861. The summed E-state index contributed by atoms with van der Waals surface area (Å²) in [5.74, 6) is -0.369. The van der Waals surface area contributed by atoms with Crippen LogP contribution in [0.2, 0.25) is 0 Å². The highest BCUT2D eigenvalue weighted by molar-refractivity contribution is 5.93. The number of hydrogen-bond acceptors (Lipinski definition) is 8. The molecule has 0 aromatic rings. The number of unbranched alkanes of at least 4 members (excludes halogenated alkanes) is 2. The number of aliphatic hydroxyl groups excluding tert-OH is 1. The minimum Gasteiger partial charge on any atom is -0.394 e. The van der Waals surface area contributed by atoms with Gasteiger partial charge in [-0.3, -0.25) is 9.59 Å². The molecule has 0 spiro atoms. The standard InChI is InChI=1S/C18H33N3O4.C18H31N3O4/c2*1-2-3-7-15(14-22)19-16(23)18(8-5-4-6-9-18)20-17(24)21-10-12-25-13-11-21/h15,22H,2-14H2,1H3,(H,19,23)(H,20,24);14-15H,2-13H2,1H3,(H,19,23)(H,20,24)/t2*15-/m00/s1. The molecule has 2 aliphatic carbocycles. The van der Waals surface area contributed by atoms with E-state index in [0.29, 0.717) is 84.7 Å². The van der Waals surface area contributed by atoms with Crippen LogP contribution in [0.1, 0.15) is 117 Å². The second-order valence-electron chi connectivity index (χ2n) is 14.2. The van der Waals surface area contributed by atoms with Crippen LogP contribution in [0.15, 0.2) is 0 Å². The largest absolute Gasteiger partial charge is 0.394 e. The summed E-state index contributed by atoms with van der Waals surface area (Å²) in [6, 6.07) is -1.12. The lowest BCUT2D eigenvalue weighted by atomic mass is 9.80. The smallest absolute Gasteiger partial charge is 0.318 e. The van der Waals surface area contributed by atoms with E-state index in [4.69, 9.17) is 9.47 Å². The molecule has 5 N–H and O–H groups in total. The highest BCUT2D eigenvalue weighted by Crippen LogP contribution is 2.30. The van der Waals surface area contributed by atoms with Crippen LogP contribution in [0, 0.1) is 0 Å². The summed E-state index contributed by atoms with van der Waals surface area (Å²) in [5, 5.41) is 21.4. The van der Waals surface area contributed by atoms with Gasteiger partial charge in [-0.05, 0) is 38.5 Å². The number of rotatable bonds is 14. The second kappa shape index (κ2) is 22.1. The first-order chi connectivity index (χ1) is 24.2. The second-order valence-corrected chi connectivity index (χ2v) is 14.2. The van der Waals surface area contributed by atoms with Crippen LogP contribution in [-0.2, 0) is 23.9 Å². The number of morpholine rings is 2. The molecule has 0 aromatic heterocycles. The maximum absolute atomic E-state index is 13.0. The van der Waals surface area contributed by atoms with Gasteiger partial charge in [0.25, 0.3) is 0 Å². The van der Waals surface area contributed by atoms with Crippen molar-refractivity contribution in [3.05, 3.63) is 0 Å². The van der Waals surface area contributed by atoms with E-state index in [9.17, 15) is 29.1 Å². The van der Waals surface area contributed by atoms with Crippen molar-refractivity contribution < 1.29 is 38.6 Å². The van der Waals surface area contributed by atoms with Crippen LogP contribution in [0.5, 0.6) is 0 Å². The Bertz CT molecular complexity index is 1050. The van der Waals surface area contributed by atoms with Crippen molar-refractivity contribution in [3.63, 3.8) is 0 Å². The number of carbonyl (C=O) groups excluding carboxylic acids is 5. The van der Waals surface area contributed by atoms with Crippen LogP contribution >= 0.6 is 0 Å². The summed E-state index contributed by atoms with van der Waals surface area (Å²) in [4.78, 5) is 65.9.